The zero-order valence-corrected chi connectivity index (χ0v) is 7.94. The molecule has 14 heavy (non-hydrogen) atoms. The number of aliphatic carboxylic acids is 2. The number of carboxylic acids is 2. The largest absolute Gasteiger partial charge is 0.481 e. The molecular weight excluding hydrogens is 204 g/mol. The van der Waals surface area contributed by atoms with Crippen LogP contribution in [0.15, 0.2) is 34.8 Å². The SMILES string of the molecule is O=C(O)C1=CC(=CS)C(C(=O)O)C=C1. The predicted octanol–water partition coefficient (Wildman–Crippen LogP) is 1.08. The molecule has 5 heteroatoms. The first-order valence-electron chi connectivity index (χ1n) is 3.76. The van der Waals surface area contributed by atoms with Gasteiger partial charge in [-0.1, -0.05) is 12.2 Å². The van der Waals surface area contributed by atoms with Crippen LogP contribution in [0, 0.1) is 5.92 Å². The summed E-state index contributed by atoms with van der Waals surface area (Å²) in [5.74, 6) is -2.92. The first kappa shape index (κ1) is 10.6. The van der Waals surface area contributed by atoms with E-state index in [9.17, 15) is 9.59 Å². The highest BCUT2D eigenvalue weighted by Crippen LogP contribution is 2.23. The average Bonchev–Trinajstić information content (AvgIpc) is 2.16. The van der Waals surface area contributed by atoms with Crippen molar-refractivity contribution >= 4 is 24.6 Å². The van der Waals surface area contributed by atoms with Crippen molar-refractivity contribution in [2.24, 2.45) is 5.92 Å². The summed E-state index contributed by atoms with van der Waals surface area (Å²) in [6.45, 7) is 0. The fourth-order valence-electron chi connectivity index (χ4n) is 1.10. The molecule has 4 nitrogen and oxygen atoms in total. The van der Waals surface area contributed by atoms with Crippen LogP contribution in [0.4, 0.5) is 0 Å². The van der Waals surface area contributed by atoms with Crippen LogP contribution in [0.25, 0.3) is 0 Å². The summed E-state index contributed by atoms with van der Waals surface area (Å²) in [7, 11) is 0. The van der Waals surface area contributed by atoms with Gasteiger partial charge in [0.05, 0.1) is 5.57 Å². The van der Waals surface area contributed by atoms with Crippen LogP contribution in [0.1, 0.15) is 0 Å². The van der Waals surface area contributed by atoms with Gasteiger partial charge in [0.15, 0.2) is 0 Å². The first-order valence-corrected chi connectivity index (χ1v) is 4.28. The van der Waals surface area contributed by atoms with E-state index in [4.69, 9.17) is 10.2 Å². The second kappa shape index (κ2) is 4.15. The molecule has 1 aliphatic carbocycles. The average molecular weight is 212 g/mol. The molecule has 1 unspecified atom stereocenters. The van der Waals surface area contributed by atoms with Crippen molar-refractivity contribution in [3.63, 3.8) is 0 Å². The molecule has 1 atom stereocenters. The van der Waals surface area contributed by atoms with Gasteiger partial charge in [0.1, 0.15) is 5.92 Å². The molecule has 2 N–H and O–H groups in total. The van der Waals surface area contributed by atoms with Crippen molar-refractivity contribution in [3.8, 4) is 0 Å². The summed E-state index contributed by atoms with van der Waals surface area (Å²) in [5, 5.41) is 18.7. The van der Waals surface area contributed by atoms with Gasteiger partial charge in [-0.05, 0) is 17.1 Å². The molecular formula is C9H8O4S. The Kier molecular flexibility index (Phi) is 3.14. The fourth-order valence-corrected chi connectivity index (χ4v) is 1.34. The molecule has 0 aromatic carbocycles. The molecule has 0 bridgehead atoms. The zero-order valence-electron chi connectivity index (χ0n) is 7.04. The van der Waals surface area contributed by atoms with Crippen LogP contribution >= 0.6 is 12.6 Å². The van der Waals surface area contributed by atoms with Gasteiger partial charge in [-0.3, -0.25) is 4.79 Å². The summed E-state index contributed by atoms with van der Waals surface area (Å²) in [6.07, 6.45) is 3.91. The number of thiol groups is 1. The van der Waals surface area contributed by atoms with E-state index in [1.165, 1.54) is 23.6 Å². The predicted molar refractivity (Wildman–Crippen MR) is 53.1 cm³/mol. The maximum absolute atomic E-state index is 10.7. The molecule has 0 saturated heterocycles. The minimum Gasteiger partial charge on any atom is -0.481 e. The minimum absolute atomic E-state index is 0.0581. The minimum atomic E-state index is -1.09. The lowest BCUT2D eigenvalue weighted by atomic mass is 9.92. The molecule has 0 aromatic heterocycles. The Morgan fingerprint density at radius 2 is 2.07 bits per heavy atom. The molecule has 0 radical (unpaired) electrons. The maximum Gasteiger partial charge on any atom is 0.335 e. The second-order valence-corrected chi connectivity index (χ2v) is 2.97. The number of carbonyl (C=O) groups is 2. The Balaban J connectivity index is 3.03. The van der Waals surface area contributed by atoms with Crippen LogP contribution in [0.5, 0.6) is 0 Å². The van der Waals surface area contributed by atoms with Crippen LogP contribution in [0.2, 0.25) is 0 Å². The van der Waals surface area contributed by atoms with E-state index < -0.39 is 17.9 Å². The molecule has 1 rings (SSSR count). The van der Waals surface area contributed by atoms with Crippen molar-refractivity contribution in [2.75, 3.05) is 0 Å². The van der Waals surface area contributed by atoms with E-state index in [0.29, 0.717) is 5.57 Å². The van der Waals surface area contributed by atoms with Gasteiger partial charge in [-0.2, -0.15) is 12.6 Å². The van der Waals surface area contributed by atoms with Gasteiger partial charge < -0.3 is 10.2 Å². The standard InChI is InChI=1S/C9H8O4S/c10-8(11)5-1-2-7(9(12)13)6(3-5)4-14/h1-4,7,14H,(H,10,11)(H,12,13). The Hall–Kier alpha value is -1.49. The highest BCUT2D eigenvalue weighted by molar-refractivity contribution is 7.83. The summed E-state index contributed by atoms with van der Waals surface area (Å²) in [4.78, 5) is 21.3. The third-order valence-electron chi connectivity index (χ3n) is 1.81. The lowest BCUT2D eigenvalue weighted by Crippen LogP contribution is -2.16. The van der Waals surface area contributed by atoms with E-state index in [2.05, 4.69) is 12.6 Å². The van der Waals surface area contributed by atoms with Crippen molar-refractivity contribution in [3.05, 3.63) is 34.8 Å². The number of rotatable bonds is 2. The van der Waals surface area contributed by atoms with Crippen molar-refractivity contribution in [2.45, 2.75) is 0 Å². The number of hydrogen-bond acceptors (Lipinski definition) is 3. The van der Waals surface area contributed by atoms with E-state index in [0.717, 1.165) is 0 Å². The lowest BCUT2D eigenvalue weighted by Gasteiger charge is -2.13. The lowest BCUT2D eigenvalue weighted by molar-refractivity contribution is -0.139. The molecule has 0 fully saturated rings. The number of hydrogen-bond donors (Lipinski definition) is 3. The van der Waals surface area contributed by atoms with E-state index in [-0.39, 0.29) is 5.57 Å². The third-order valence-corrected chi connectivity index (χ3v) is 2.11. The fraction of sp³-hybridized carbons (Fsp3) is 0.111. The van der Waals surface area contributed by atoms with Crippen LogP contribution < -0.4 is 0 Å². The van der Waals surface area contributed by atoms with Gasteiger partial charge in [0, 0.05) is 0 Å². The number of carboxylic acid groups (broad SMARTS) is 2. The molecule has 0 spiro atoms. The highest BCUT2D eigenvalue weighted by atomic mass is 32.1. The van der Waals surface area contributed by atoms with Gasteiger partial charge in [0.2, 0.25) is 0 Å². The smallest absolute Gasteiger partial charge is 0.335 e. The first-order chi connectivity index (χ1) is 6.56. The van der Waals surface area contributed by atoms with Crippen LogP contribution in [-0.4, -0.2) is 22.2 Å². The molecule has 74 valence electrons. The van der Waals surface area contributed by atoms with Gasteiger partial charge in [0.25, 0.3) is 0 Å². The quantitative estimate of drug-likeness (QED) is 0.599. The highest BCUT2D eigenvalue weighted by Gasteiger charge is 2.22. The van der Waals surface area contributed by atoms with E-state index in [1.807, 2.05) is 0 Å². The van der Waals surface area contributed by atoms with Gasteiger partial charge in [-0.15, -0.1) is 0 Å². The summed E-state index contributed by atoms with van der Waals surface area (Å²) in [5.41, 5.74) is 0.420. The molecule has 1 aliphatic rings. The Morgan fingerprint density at radius 3 is 2.50 bits per heavy atom. The summed E-state index contributed by atoms with van der Waals surface area (Å²) >= 11 is 3.83. The molecule has 0 saturated carbocycles. The van der Waals surface area contributed by atoms with Crippen molar-refractivity contribution in [1.29, 1.82) is 0 Å². The molecule has 0 aromatic rings. The molecule has 0 heterocycles. The third kappa shape index (κ3) is 2.05. The zero-order chi connectivity index (χ0) is 10.7. The summed E-state index contributed by atoms with van der Waals surface area (Å²) in [6, 6.07) is 0. The van der Waals surface area contributed by atoms with Crippen molar-refractivity contribution < 1.29 is 19.8 Å². The van der Waals surface area contributed by atoms with Gasteiger partial charge in [-0.25, -0.2) is 4.79 Å². The Morgan fingerprint density at radius 1 is 1.43 bits per heavy atom. The topological polar surface area (TPSA) is 74.6 Å². The normalized spacial score (nSPS) is 23.4. The van der Waals surface area contributed by atoms with Crippen molar-refractivity contribution in [1.82, 2.24) is 0 Å². The molecule has 0 aliphatic heterocycles. The van der Waals surface area contributed by atoms with Gasteiger partial charge >= 0.3 is 11.9 Å². The second-order valence-electron chi connectivity index (χ2n) is 2.71. The van der Waals surface area contributed by atoms with E-state index >= 15 is 0 Å². The monoisotopic (exact) mass is 212 g/mol. The van der Waals surface area contributed by atoms with Crippen LogP contribution in [-0.2, 0) is 9.59 Å². The Bertz CT molecular complexity index is 365. The molecule has 0 amide bonds. The Labute approximate surface area is 85.7 Å². The maximum atomic E-state index is 10.7. The van der Waals surface area contributed by atoms with Crippen LogP contribution in [0.3, 0.4) is 0 Å². The summed E-state index contributed by atoms with van der Waals surface area (Å²) < 4.78 is 0. The number of allylic oxidation sites excluding steroid dienone is 1. The van der Waals surface area contributed by atoms with E-state index in [1.54, 1.807) is 0 Å².